The second kappa shape index (κ2) is 7.50. The van der Waals surface area contributed by atoms with E-state index in [1.165, 1.54) is 11.3 Å². The van der Waals surface area contributed by atoms with Gasteiger partial charge in [-0.05, 0) is 23.8 Å². The number of aromatic nitrogens is 1. The lowest BCUT2D eigenvalue weighted by molar-refractivity contribution is 0.475. The zero-order valence-electron chi connectivity index (χ0n) is 15.8. The molecule has 3 aromatic carbocycles. The molecule has 0 saturated heterocycles. The van der Waals surface area contributed by atoms with Crippen molar-refractivity contribution < 1.29 is 5.11 Å². The number of phenolic OH excluding ortho intramolecular Hbond substituents is 1. The third-order valence-electron chi connectivity index (χ3n) is 4.83. The van der Waals surface area contributed by atoms with E-state index < -0.39 is 0 Å². The second-order valence-electron chi connectivity index (χ2n) is 6.80. The van der Waals surface area contributed by atoms with Crippen LogP contribution >= 0.6 is 11.3 Å². The Bertz CT molecular complexity index is 1420. The van der Waals surface area contributed by atoms with Gasteiger partial charge in [-0.3, -0.25) is 10.2 Å². The average Bonchev–Trinajstić information content (AvgIpc) is 3.11. The van der Waals surface area contributed by atoms with Crippen LogP contribution in [0.5, 0.6) is 5.75 Å². The van der Waals surface area contributed by atoms with Gasteiger partial charge in [0.2, 0.25) is 4.80 Å². The first kappa shape index (κ1) is 18.1. The fraction of sp³-hybridized carbons (Fsp3) is 0. The van der Waals surface area contributed by atoms with Crippen molar-refractivity contribution in [2.45, 2.75) is 0 Å². The highest BCUT2D eigenvalue weighted by molar-refractivity contribution is 7.07. The summed E-state index contributed by atoms with van der Waals surface area (Å²) >= 11 is 1.33. The maximum atomic E-state index is 13.4. The van der Waals surface area contributed by atoms with Crippen LogP contribution in [0.25, 0.3) is 17.5 Å². The summed E-state index contributed by atoms with van der Waals surface area (Å²) in [4.78, 5) is 14.0. The average molecular weight is 411 g/mol. The first-order valence-corrected chi connectivity index (χ1v) is 10.2. The van der Waals surface area contributed by atoms with Gasteiger partial charge in [-0.2, -0.15) is 0 Å². The maximum absolute atomic E-state index is 13.4. The normalized spacial score (nSPS) is 13.5. The van der Waals surface area contributed by atoms with Crippen LogP contribution in [0.4, 0.5) is 0 Å². The quantitative estimate of drug-likeness (QED) is 0.545. The molecule has 0 unspecified atom stereocenters. The molecular weight excluding hydrogens is 394 g/mol. The van der Waals surface area contributed by atoms with Crippen LogP contribution < -0.4 is 20.3 Å². The van der Waals surface area contributed by atoms with Gasteiger partial charge in [-0.15, -0.1) is 5.10 Å². The molecule has 0 radical (unpaired) electrons. The van der Waals surface area contributed by atoms with Gasteiger partial charge in [-0.25, -0.2) is 4.57 Å². The number of rotatable bonds is 3. The molecule has 146 valence electrons. The van der Waals surface area contributed by atoms with E-state index in [2.05, 4.69) is 10.5 Å². The molecule has 4 aromatic rings. The van der Waals surface area contributed by atoms with E-state index >= 15 is 0 Å². The second-order valence-corrected chi connectivity index (χ2v) is 7.81. The Kier molecular flexibility index (Phi) is 4.53. The smallest absolute Gasteiger partial charge is 0.275 e. The van der Waals surface area contributed by atoms with E-state index in [4.69, 9.17) is 0 Å². The Hall–Kier alpha value is -3.90. The highest BCUT2D eigenvalue weighted by Gasteiger charge is 2.21. The lowest BCUT2D eigenvalue weighted by atomic mass is 10.0. The molecule has 2 heterocycles. The Balaban J connectivity index is 1.77. The van der Waals surface area contributed by atoms with Gasteiger partial charge in [0.05, 0.1) is 15.9 Å². The molecule has 30 heavy (non-hydrogen) atoms. The molecule has 5 rings (SSSR count). The van der Waals surface area contributed by atoms with Crippen LogP contribution in [-0.4, -0.2) is 9.67 Å². The van der Waals surface area contributed by atoms with Gasteiger partial charge in [0, 0.05) is 11.1 Å². The molecular formula is C24H17N3O2S. The molecule has 2 N–H and O–H groups in total. The van der Waals surface area contributed by atoms with E-state index in [0.717, 1.165) is 28.1 Å². The van der Waals surface area contributed by atoms with Crippen molar-refractivity contribution >= 4 is 28.8 Å². The number of nitrogens with zero attached hydrogens (tertiary/aromatic N) is 2. The summed E-state index contributed by atoms with van der Waals surface area (Å²) in [5.74, 6) is 0.190. The first-order valence-electron chi connectivity index (χ1n) is 9.42. The lowest BCUT2D eigenvalue weighted by Gasteiger charge is -2.19. The van der Waals surface area contributed by atoms with Gasteiger partial charge in [0.15, 0.2) is 0 Å². The summed E-state index contributed by atoms with van der Waals surface area (Å²) in [6, 6.07) is 26.5. The first-order chi connectivity index (χ1) is 14.7. The van der Waals surface area contributed by atoms with Crippen molar-refractivity contribution in [1.82, 2.24) is 9.99 Å². The summed E-state index contributed by atoms with van der Waals surface area (Å²) < 4.78 is 2.24. The van der Waals surface area contributed by atoms with E-state index in [0.29, 0.717) is 9.33 Å². The minimum Gasteiger partial charge on any atom is -0.508 e. The minimum atomic E-state index is -0.124. The highest BCUT2D eigenvalue weighted by atomic mass is 32.1. The minimum absolute atomic E-state index is 0.124. The Morgan fingerprint density at radius 3 is 2.17 bits per heavy atom. The monoisotopic (exact) mass is 411 g/mol. The fourth-order valence-electron chi connectivity index (χ4n) is 3.41. The van der Waals surface area contributed by atoms with Gasteiger partial charge < -0.3 is 5.11 Å². The predicted molar refractivity (Wildman–Crippen MR) is 119 cm³/mol. The molecule has 0 spiro atoms. The molecule has 0 atom stereocenters. The molecule has 0 saturated carbocycles. The molecule has 1 aliphatic heterocycles. The van der Waals surface area contributed by atoms with E-state index in [9.17, 15) is 9.90 Å². The van der Waals surface area contributed by atoms with Crippen molar-refractivity contribution in [2.75, 3.05) is 0 Å². The van der Waals surface area contributed by atoms with Crippen LogP contribution in [-0.2, 0) is 0 Å². The third kappa shape index (κ3) is 3.23. The topological polar surface area (TPSA) is 66.6 Å². The van der Waals surface area contributed by atoms with Crippen LogP contribution in [0.2, 0.25) is 0 Å². The summed E-state index contributed by atoms with van der Waals surface area (Å²) in [7, 11) is 0. The van der Waals surface area contributed by atoms with Crippen molar-refractivity contribution in [3.05, 3.63) is 121 Å². The Labute approximate surface area is 176 Å². The zero-order valence-corrected chi connectivity index (χ0v) is 16.6. The largest absolute Gasteiger partial charge is 0.508 e. The Morgan fingerprint density at radius 1 is 0.867 bits per heavy atom. The van der Waals surface area contributed by atoms with Crippen molar-refractivity contribution in [3.8, 4) is 5.75 Å². The zero-order chi connectivity index (χ0) is 20.5. The standard InChI is InChI=1S/C24H17N3O2S/c28-19-13-11-16(12-14-19)15-20-23(29)27-22(18-9-5-2-6-10-18)21(25-26-24(27)30-20)17-7-3-1-4-8-17/h1-15,25,28H/b20-15-. The van der Waals surface area contributed by atoms with Crippen LogP contribution in [0.1, 0.15) is 16.7 Å². The molecule has 0 fully saturated rings. The summed E-state index contributed by atoms with van der Waals surface area (Å²) in [5, 5.41) is 14.0. The molecule has 0 aliphatic carbocycles. The number of benzene rings is 3. The van der Waals surface area contributed by atoms with E-state index in [1.807, 2.05) is 66.7 Å². The number of hydrogen-bond donors (Lipinski definition) is 2. The summed E-state index contributed by atoms with van der Waals surface area (Å²) in [5.41, 5.74) is 7.31. The number of aromatic hydroxyl groups is 1. The molecule has 6 heteroatoms. The summed E-state index contributed by atoms with van der Waals surface area (Å²) in [6.45, 7) is 0. The van der Waals surface area contributed by atoms with Gasteiger partial charge >= 0.3 is 0 Å². The fourth-order valence-corrected chi connectivity index (χ4v) is 4.34. The lowest BCUT2D eigenvalue weighted by Crippen LogP contribution is -2.36. The van der Waals surface area contributed by atoms with Gasteiger partial charge in [0.25, 0.3) is 5.56 Å². The molecule has 0 bridgehead atoms. The number of nitrogens with one attached hydrogen (secondary N) is 1. The summed E-state index contributed by atoms with van der Waals surface area (Å²) in [6.07, 6.45) is 1.82. The SMILES string of the molecule is O=c1/c(=C/c2ccc(O)cc2)sc2n1C(c1ccccc1)=C(c1ccccc1)NN=2. The highest BCUT2D eigenvalue weighted by Crippen LogP contribution is 2.25. The van der Waals surface area contributed by atoms with E-state index in [1.54, 1.807) is 28.8 Å². The van der Waals surface area contributed by atoms with Crippen LogP contribution in [0.3, 0.4) is 0 Å². The van der Waals surface area contributed by atoms with Crippen molar-refractivity contribution in [3.63, 3.8) is 0 Å². The Morgan fingerprint density at radius 2 is 1.50 bits per heavy atom. The van der Waals surface area contributed by atoms with Crippen LogP contribution in [0, 0.1) is 0 Å². The number of fused-ring (bicyclic) bond motifs is 1. The molecule has 0 amide bonds. The third-order valence-corrected chi connectivity index (χ3v) is 5.80. The van der Waals surface area contributed by atoms with Crippen molar-refractivity contribution in [1.29, 1.82) is 0 Å². The number of phenols is 1. The van der Waals surface area contributed by atoms with E-state index in [-0.39, 0.29) is 11.3 Å². The molecule has 1 aromatic heterocycles. The molecule has 5 nitrogen and oxygen atoms in total. The number of hydrogen-bond acceptors (Lipinski definition) is 5. The van der Waals surface area contributed by atoms with Gasteiger partial charge in [-0.1, -0.05) is 84.1 Å². The predicted octanol–water partition coefficient (Wildman–Crippen LogP) is 2.96. The number of thiazole rings is 1. The van der Waals surface area contributed by atoms with Crippen LogP contribution in [0.15, 0.2) is 94.8 Å². The maximum Gasteiger partial charge on any atom is 0.275 e. The van der Waals surface area contributed by atoms with Crippen molar-refractivity contribution in [2.24, 2.45) is 5.10 Å². The molecule has 1 aliphatic rings. The van der Waals surface area contributed by atoms with Gasteiger partial charge in [0.1, 0.15) is 5.75 Å².